The van der Waals surface area contributed by atoms with E-state index in [-0.39, 0.29) is 17.4 Å². The van der Waals surface area contributed by atoms with Crippen molar-refractivity contribution in [1.82, 2.24) is 0 Å². The summed E-state index contributed by atoms with van der Waals surface area (Å²) in [4.78, 5) is 0.151. The lowest BCUT2D eigenvalue weighted by Crippen LogP contribution is -2.14. The molecule has 5 heteroatoms. The highest BCUT2D eigenvalue weighted by molar-refractivity contribution is 7.80. The van der Waals surface area contributed by atoms with Crippen LogP contribution in [0.4, 0.5) is 4.39 Å². The van der Waals surface area contributed by atoms with E-state index in [0.29, 0.717) is 10.6 Å². The molecule has 0 atom stereocenters. The van der Waals surface area contributed by atoms with Gasteiger partial charge in [0.25, 0.3) is 0 Å². The van der Waals surface area contributed by atoms with Crippen molar-refractivity contribution in [2.75, 3.05) is 0 Å². The van der Waals surface area contributed by atoms with Crippen LogP contribution < -0.4 is 10.5 Å². The van der Waals surface area contributed by atoms with E-state index in [4.69, 9.17) is 34.3 Å². The zero-order valence-electron chi connectivity index (χ0n) is 11.7. The maximum Gasteiger partial charge on any atom is 0.125 e. The molecule has 0 aliphatic heterocycles. The summed E-state index contributed by atoms with van der Waals surface area (Å²) in [6.07, 6.45) is 0. The molecule has 110 valence electrons. The Kier molecular flexibility index (Phi) is 4.80. The zero-order chi connectivity index (χ0) is 15.6. The van der Waals surface area contributed by atoms with Gasteiger partial charge in [-0.05, 0) is 54.8 Å². The molecule has 0 aliphatic carbocycles. The fourth-order valence-corrected chi connectivity index (χ4v) is 2.70. The van der Waals surface area contributed by atoms with E-state index >= 15 is 0 Å². The highest BCUT2D eigenvalue weighted by atomic mass is 35.5. The average molecular weight is 324 g/mol. The minimum atomic E-state index is -0.375. The van der Waals surface area contributed by atoms with Crippen molar-refractivity contribution in [2.45, 2.75) is 20.5 Å². The van der Waals surface area contributed by atoms with Crippen molar-refractivity contribution >= 4 is 28.8 Å². The van der Waals surface area contributed by atoms with E-state index in [9.17, 15) is 4.39 Å². The van der Waals surface area contributed by atoms with E-state index in [1.165, 1.54) is 12.1 Å². The van der Waals surface area contributed by atoms with Crippen LogP contribution in [0.1, 0.15) is 22.3 Å². The monoisotopic (exact) mass is 323 g/mol. The Morgan fingerprint density at radius 1 is 1.24 bits per heavy atom. The normalized spacial score (nSPS) is 10.5. The van der Waals surface area contributed by atoms with Crippen molar-refractivity contribution in [2.24, 2.45) is 5.73 Å². The molecule has 0 spiro atoms. The predicted molar refractivity (Wildman–Crippen MR) is 87.5 cm³/mol. The standard InChI is InChI=1S/C16H15ClFNOS/c1-9-5-12(17)6-10(2)15(9)20-8-11-3-4-13(18)7-14(11)16(19)21/h3-7H,8H2,1-2H3,(H2,19,21). The van der Waals surface area contributed by atoms with Crippen molar-refractivity contribution in [3.05, 3.63) is 63.4 Å². The van der Waals surface area contributed by atoms with E-state index in [1.807, 2.05) is 26.0 Å². The Morgan fingerprint density at radius 2 is 1.86 bits per heavy atom. The SMILES string of the molecule is Cc1cc(Cl)cc(C)c1OCc1ccc(F)cc1C(N)=S. The fraction of sp³-hybridized carbons (Fsp3) is 0.188. The van der Waals surface area contributed by atoms with E-state index in [0.717, 1.165) is 22.4 Å². The summed E-state index contributed by atoms with van der Waals surface area (Å²) in [6, 6.07) is 7.99. The summed E-state index contributed by atoms with van der Waals surface area (Å²) in [5.74, 6) is 0.387. The molecule has 0 saturated heterocycles. The summed E-state index contributed by atoms with van der Waals surface area (Å²) in [5, 5.41) is 0.669. The maximum absolute atomic E-state index is 13.3. The number of ether oxygens (including phenoxy) is 1. The Hall–Kier alpha value is -1.65. The van der Waals surface area contributed by atoms with Crippen LogP contribution in [-0.2, 0) is 6.61 Å². The molecule has 2 N–H and O–H groups in total. The number of benzene rings is 2. The number of rotatable bonds is 4. The van der Waals surface area contributed by atoms with Gasteiger partial charge in [0.2, 0.25) is 0 Å². The number of hydrogen-bond donors (Lipinski definition) is 1. The molecule has 0 fully saturated rings. The van der Waals surface area contributed by atoms with Gasteiger partial charge in [0.1, 0.15) is 23.2 Å². The summed E-state index contributed by atoms with van der Waals surface area (Å²) in [7, 11) is 0. The molecule has 0 aromatic heterocycles. The van der Waals surface area contributed by atoms with Crippen LogP contribution in [0.5, 0.6) is 5.75 Å². The summed E-state index contributed by atoms with van der Waals surface area (Å²) in [5.41, 5.74) is 8.75. The van der Waals surface area contributed by atoms with Crippen molar-refractivity contribution < 1.29 is 9.13 Å². The second-order valence-electron chi connectivity index (χ2n) is 4.82. The molecule has 0 radical (unpaired) electrons. The fourth-order valence-electron chi connectivity index (χ4n) is 2.18. The molecule has 0 amide bonds. The first-order valence-corrected chi connectivity index (χ1v) is 7.15. The lowest BCUT2D eigenvalue weighted by molar-refractivity contribution is 0.301. The van der Waals surface area contributed by atoms with Crippen molar-refractivity contribution in [3.8, 4) is 5.75 Å². The van der Waals surface area contributed by atoms with Gasteiger partial charge in [0.15, 0.2) is 0 Å². The quantitative estimate of drug-likeness (QED) is 0.852. The van der Waals surface area contributed by atoms with Gasteiger partial charge in [-0.1, -0.05) is 29.9 Å². The van der Waals surface area contributed by atoms with E-state index < -0.39 is 0 Å². The predicted octanol–water partition coefficient (Wildman–Crippen LogP) is 4.31. The molecule has 0 aliphatic rings. The molecule has 0 bridgehead atoms. The zero-order valence-corrected chi connectivity index (χ0v) is 13.3. The highest BCUT2D eigenvalue weighted by Crippen LogP contribution is 2.28. The first kappa shape index (κ1) is 15.7. The van der Waals surface area contributed by atoms with Gasteiger partial charge in [0, 0.05) is 10.6 Å². The van der Waals surface area contributed by atoms with Crippen LogP contribution in [0.3, 0.4) is 0 Å². The van der Waals surface area contributed by atoms with Crippen molar-refractivity contribution in [1.29, 1.82) is 0 Å². The van der Waals surface area contributed by atoms with Gasteiger partial charge >= 0.3 is 0 Å². The summed E-state index contributed by atoms with van der Waals surface area (Å²) < 4.78 is 19.1. The summed E-state index contributed by atoms with van der Waals surface area (Å²) in [6.45, 7) is 4.11. The van der Waals surface area contributed by atoms with Gasteiger partial charge in [-0.25, -0.2) is 4.39 Å². The minimum Gasteiger partial charge on any atom is -0.488 e. The average Bonchev–Trinajstić information content (AvgIpc) is 2.38. The molecule has 2 nitrogen and oxygen atoms in total. The first-order valence-electron chi connectivity index (χ1n) is 6.36. The molecule has 2 aromatic carbocycles. The van der Waals surface area contributed by atoms with Crippen LogP contribution in [-0.4, -0.2) is 4.99 Å². The molecule has 0 saturated carbocycles. The second-order valence-corrected chi connectivity index (χ2v) is 5.70. The molecule has 0 heterocycles. The highest BCUT2D eigenvalue weighted by Gasteiger charge is 2.10. The number of halogens is 2. The third kappa shape index (κ3) is 3.71. The molecule has 0 unspecified atom stereocenters. The number of hydrogen-bond acceptors (Lipinski definition) is 2. The maximum atomic E-state index is 13.3. The van der Waals surface area contributed by atoms with Gasteiger partial charge in [-0.3, -0.25) is 0 Å². The Labute approximate surface area is 133 Å². The lowest BCUT2D eigenvalue weighted by atomic mass is 10.1. The van der Waals surface area contributed by atoms with Gasteiger partial charge < -0.3 is 10.5 Å². The first-order chi connectivity index (χ1) is 9.88. The van der Waals surface area contributed by atoms with Crippen LogP contribution in [0.25, 0.3) is 0 Å². The molecular weight excluding hydrogens is 309 g/mol. The number of thiocarbonyl (C=S) groups is 1. The number of nitrogens with two attached hydrogens (primary N) is 1. The topological polar surface area (TPSA) is 35.2 Å². The Morgan fingerprint density at radius 3 is 2.43 bits per heavy atom. The third-order valence-corrected chi connectivity index (χ3v) is 3.57. The minimum absolute atomic E-state index is 0.151. The van der Waals surface area contributed by atoms with Crippen LogP contribution in [0, 0.1) is 19.7 Å². The van der Waals surface area contributed by atoms with Gasteiger partial charge in [-0.2, -0.15) is 0 Å². The second kappa shape index (κ2) is 6.41. The third-order valence-electron chi connectivity index (χ3n) is 3.13. The van der Waals surface area contributed by atoms with Crippen LogP contribution in [0.15, 0.2) is 30.3 Å². The molecule has 2 rings (SSSR count). The molecule has 21 heavy (non-hydrogen) atoms. The Bertz CT molecular complexity index is 680. The smallest absolute Gasteiger partial charge is 0.125 e. The summed E-state index contributed by atoms with van der Waals surface area (Å²) >= 11 is 10.9. The number of aryl methyl sites for hydroxylation is 2. The molecular formula is C16H15ClFNOS. The van der Waals surface area contributed by atoms with Gasteiger partial charge in [0.05, 0.1) is 0 Å². The van der Waals surface area contributed by atoms with E-state index in [1.54, 1.807) is 6.07 Å². The van der Waals surface area contributed by atoms with Crippen molar-refractivity contribution in [3.63, 3.8) is 0 Å². The van der Waals surface area contributed by atoms with Crippen LogP contribution in [0.2, 0.25) is 5.02 Å². The van der Waals surface area contributed by atoms with Crippen LogP contribution >= 0.6 is 23.8 Å². The van der Waals surface area contributed by atoms with E-state index in [2.05, 4.69) is 0 Å². The lowest BCUT2D eigenvalue weighted by Gasteiger charge is -2.14. The Balaban J connectivity index is 2.27. The van der Waals surface area contributed by atoms with Gasteiger partial charge in [-0.15, -0.1) is 0 Å². The molecule has 2 aromatic rings. The largest absolute Gasteiger partial charge is 0.488 e.